The standard InChI is InChI=1S/C23H25FN4O3/c1-30-18-6-7-21(31-2)20(13-18)27-23(29)19-14-26-28(17-5-3-4-16(24)12-17)22(19)15-8-10-25-11-9-15/h3-7,12-15,25H,8-11H2,1-2H3,(H,27,29). The number of hydrogen-bond donors (Lipinski definition) is 2. The number of ether oxygens (including phenoxy) is 2. The molecule has 0 aliphatic carbocycles. The highest BCUT2D eigenvalue weighted by molar-refractivity contribution is 6.06. The zero-order chi connectivity index (χ0) is 21.8. The molecule has 0 atom stereocenters. The minimum absolute atomic E-state index is 0.125. The Morgan fingerprint density at radius 1 is 1.16 bits per heavy atom. The van der Waals surface area contributed by atoms with Crippen LogP contribution in [0.2, 0.25) is 0 Å². The summed E-state index contributed by atoms with van der Waals surface area (Å²) in [6.07, 6.45) is 3.28. The maximum Gasteiger partial charge on any atom is 0.259 e. The molecule has 0 radical (unpaired) electrons. The highest BCUT2D eigenvalue weighted by Gasteiger charge is 2.27. The molecule has 1 aliphatic rings. The summed E-state index contributed by atoms with van der Waals surface area (Å²) in [6.45, 7) is 1.70. The van der Waals surface area contributed by atoms with E-state index in [1.54, 1.807) is 55.4 Å². The molecule has 4 rings (SSSR count). The van der Waals surface area contributed by atoms with Crippen LogP contribution >= 0.6 is 0 Å². The first-order valence-corrected chi connectivity index (χ1v) is 10.2. The summed E-state index contributed by atoms with van der Waals surface area (Å²) >= 11 is 0. The number of benzene rings is 2. The summed E-state index contributed by atoms with van der Waals surface area (Å²) in [4.78, 5) is 13.3. The lowest BCUT2D eigenvalue weighted by molar-refractivity contribution is 0.102. The predicted octanol–water partition coefficient (Wildman–Crippen LogP) is 3.75. The molecule has 31 heavy (non-hydrogen) atoms. The summed E-state index contributed by atoms with van der Waals surface area (Å²) in [6, 6.07) is 11.4. The lowest BCUT2D eigenvalue weighted by atomic mass is 9.91. The third-order valence-corrected chi connectivity index (χ3v) is 5.48. The van der Waals surface area contributed by atoms with Gasteiger partial charge in [-0.25, -0.2) is 9.07 Å². The quantitative estimate of drug-likeness (QED) is 0.630. The van der Waals surface area contributed by atoms with Crippen molar-refractivity contribution in [3.05, 3.63) is 65.7 Å². The van der Waals surface area contributed by atoms with Crippen molar-refractivity contribution >= 4 is 11.6 Å². The topological polar surface area (TPSA) is 77.4 Å². The Morgan fingerprint density at radius 3 is 2.68 bits per heavy atom. The fourth-order valence-electron chi connectivity index (χ4n) is 3.94. The summed E-state index contributed by atoms with van der Waals surface area (Å²) < 4.78 is 26.2. The number of halogens is 1. The van der Waals surface area contributed by atoms with Gasteiger partial charge in [-0.3, -0.25) is 4.79 Å². The van der Waals surface area contributed by atoms with Gasteiger partial charge in [0.15, 0.2) is 0 Å². The van der Waals surface area contributed by atoms with E-state index in [9.17, 15) is 9.18 Å². The van der Waals surface area contributed by atoms with Crippen molar-refractivity contribution < 1.29 is 18.7 Å². The number of anilines is 1. The normalized spacial score (nSPS) is 14.3. The molecule has 1 saturated heterocycles. The van der Waals surface area contributed by atoms with Gasteiger partial charge in [-0.1, -0.05) is 6.07 Å². The van der Waals surface area contributed by atoms with Gasteiger partial charge in [0.1, 0.15) is 17.3 Å². The first-order chi connectivity index (χ1) is 15.1. The molecular weight excluding hydrogens is 399 g/mol. The third-order valence-electron chi connectivity index (χ3n) is 5.48. The summed E-state index contributed by atoms with van der Waals surface area (Å²) in [7, 11) is 3.10. The molecule has 2 aromatic carbocycles. The van der Waals surface area contributed by atoms with Gasteiger partial charge >= 0.3 is 0 Å². The molecule has 0 spiro atoms. The lowest BCUT2D eigenvalue weighted by Crippen LogP contribution is -2.29. The van der Waals surface area contributed by atoms with Crippen LogP contribution in [0.1, 0.15) is 34.8 Å². The van der Waals surface area contributed by atoms with Gasteiger partial charge < -0.3 is 20.1 Å². The Kier molecular flexibility index (Phi) is 6.18. The molecule has 2 N–H and O–H groups in total. The number of rotatable bonds is 6. The molecule has 1 aromatic heterocycles. The van der Waals surface area contributed by atoms with Crippen LogP contribution in [0.15, 0.2) is 48.7 Å². The average molecular weight is 424 g/mol. The fraction of sp³-hybridized carbons (Fsp3) is 0.304. The van der Waals surface area contributed by atoms with E-state index in [1.165, 1.54) is 12.1 Å². The average Bonchev–Trinajstić information content (AvgIpc) is 3.25. The van der Waals surface area contributed by atoms with Gasteiger partial charge in [0.05, 0.1) is 43.0 Å². The fourth-order valence-corrected chi connectivity index (χ4v) is 3.94. The number of methoxy groups -OCH3 is 2. The van der Waals surface area contributed by atoms with Gasteiger partial charge in [-0.2, -0.15) is 5.10 Å². The van der Waals surface area contributed by atoms with Crippen molar-refractivity contribution in [1.29, 1.82) is 0 Å². The van der Waals surface area contributed by atoms with E-state index < -0.39 is 0 Å². The van der Waals surface area contributed by atoms with Gasteiger partial charge in [0.25, 0.3) is 5.91 Å². The number of amides is 1. The zero-order valence-corrected chi connectivity index (χ0v) is 17.5. The van der Waals surface area contributed by atoms with E-state index in [0.29, 0.717) is 28.4 Å². The van der Waals surface area contributed by atoms with Crippen molar-refractivity contribution in [3.63, 3.8) is 0 Å². The maximum absolute atomic E-state index is 13.9. The first kappa shape index (κ1) is 20.9. The van der Waals surface area contributed by atoms with Crippen LogP contribution in [0, 0.1) is 5.82 Å². The van der Waals surface area contributed by atoms with E-state index in [0.717, 1.165) is 31.6 Å². The number of carbonyl (C=O) groups is 1. The SMILES string of the molecule is COc1ccc(OC)c(NC(=O)c2cnn(-c3cccc(F)c3)c2C2CCNCC2)c1. The van der Waals surface area contributed by atoms with Crippen LogP contribution in [-0.4, -0.2) is 43.0 Å². The Balaban J connectivity index is 1.73. The molecule has 1 fully saturated rings. The van der Waals surface area contributed by atoms with Gasteiger partial charge in [-0.05, 0) is 56.3 Å². The van der Waals surface area contributed by atoms with Crippen molar-refractivity contribution in [3.8, 4) is 17.2 Å². The second-order valence-corrected chi connectivity index (χ2v) is 7.38. The molecule has 3 aromatic rings. The smallest absolute Gasteiger partial charge is 0.259 e. The van der Waals surface area contributed by atoms with E-state index in [1.807, 2.05) is 0 Å². The molecule has 8 heteroatoms. The van der Waals surface area contributed by atoms with E-state index in [4.69, 9.17) is 9.47 Å². The molecular formula is C23H25FN4O3. The molecule has 0 unspecified atom stereocenters. The van der Waals surface area contributed by atoms with Crippen molar-refractivity contribution in [2.24, 2.45) is 0 Å². The molecule has 2 heterocycles. The monoisotopic (exact) mass is 424 g/mol. The van der Waals surface area contributed by atoms with Crippen LogP contribution in [0.4, 0.5) is 10.1 Å². The summed E-state index contributed by atoms with van der Waals surface area (Å²) in [5.74, 6) is 0.597. The number of nitrogens with zero attached hydrogens (tertiary/aromatic N) is 2. The van der Waals surface area contributed by atoms with Crippen molar-refractivity contribution in [2.75, 3.05) is 32.6 Å². The van der Waals surface area contributed by atoms with E-state index in [-0.39, 0.29) is 17.6 Å². The molecule has 1 aliphatic heterocycles. The molecule has 0 saturated carbocycles. The minimum Gasteiger partial charge on any atom is -0.497 e. The summed E-state index contributed by atoms with van der Waals surface area (Å²) in [5, 5.41) is 10.7. The molecule has 162 valence electrons. The minimum atomic E-state index is -0.351. The largest absolute Gasteiger partial charge is 0.497 e. The van der Waals surface area contributed by atoms with Crippen LogP contribution in [0.5, 0.6) is 11.5 Å². The molecule has 1 amide bonds. The van der Waals surface area contributed by atoms with E-state index >= 15 is 0 Å². The van der Waals surface area contributed by atoms with Crippen LogP contribution in [-0.2, 0) is 0 Å². The number of aromatic nitrogens is 2. The number of hydrogen-bond acceptors (Lipinski definition) is 5. The number of piperidine rings is 1. The van der Waals surface area contributed by atoms with Gasteiger partial charge in [0.2, 0.25) is 0 Å². The second-order valence-electron chi connectivity index (χ2n) is 7.38. The molecule has 7 nitrogen and oxygen atoms in total. The van der Waals surface area contributed by atoms with E-state index in [2.05, 4.69) is 15.7 Å². The van der Waals surface area contributed by atoms with Crippen molar-refractivity contribution in [1.82, 2.24) is 15.1 Å². The second kappa shape index (κ2) is 9.18. The molecule has 0 bridgehead atoms. The van der Waals surface area contributed by atoms with Crippen LogP contribution in [0.25, 0.3) is 5.69 Å². The van der Waals surface area contributed by atoms with Gasteiger partial charge in [0, 0.05) is 12.0 Å². The highest BCUT2D eigenvalue weighted by atomic mass is 19.1. The van der Waals surface area contributed by atoms with Crippen LogP contribution in [0.3, 0.4) is 0 Å². The lowest BCUT2D eigenvalue weighted by Gasteiger charge is -2.24. The summed E-state index contributed by atoms with van der Waals surface area (Å²) in [5.41, 5.74) is 2.33. The number of carbonyl (C=O) groups excluding carboxylic acids is 1. The first-order valence-electron chi connectivity index (χ1n) is 10.2. The van der Waals surface area contributed by atoms with Crippen molar-refractivity contribution in [2.45, 2.75) is 18.8 Å². The highest BCUT2D eigenvalue weighted by Crippen LogP contribution is 2.33. The van der Waals surface area contributed by atoms with Crippen LogP contribution < -0.4 is 20.1 Å². The zero-order valence-electron chi connectivity index (χ0n) is 17.5. The van der Waals surface area contributed by atoms with Gasteiger partial charge in [-0.15, -0.1) is 0 Å². The Morgan fingerprint density at radius 2 is 1.97 bits per heavy atom. The predicted molar refractivity (Wildman–Crippen MR) is 116 cm³/mol. The number of nitrogens with one attached hydrogen (secondary N) is 2. The Hall–Kier alpha value is -3.39. The third kappa shape index (κ3) is 4.39. The Bertz CT molecular complexity index is 1080. The Labute approximate surface area is 180 Å². The maximum atomic E-state index is 13.9.